The summed E-state index contributed by atoms with van der Waals surface area (Å²) in [5, 5.41) is -0.111. The highest BCUT2D eigenvalue weighted by atomic mass is 32.2. The van der Waals surface area contributed by atoms with Gasteiger partial charge in [-0.05, 0) is 44.1 Å². The summed E-state index contributed by atoms with van der Waals surface area (Å²) in [5.41, 5.74) is 5.63. The quantitative estimate of drug-likeness (QED) is 0.802. The monoisotopic (exact) mass is 233 g/mol. The van der Waals surface area contributed by atoms with E-state index in [2.05, 4.69) is 6.92 Å². The Morgan fingerprint density at radius 1 is 1.33 bits per heavy atom. The number of sulfone groups is 1. The van der Waals surface area contributed by atoms with Crippen molar-refractivity contribution in [1.82, 2.24) is 0 Å². The van der Waals surface area contributed by atoms with Crippen LogP contribution in [0.3, 0.4) is 0 Å². The average molecular weight is 233 g/mol. The van der Waals surface area contributed by atoms with Crippen molar-refractivity contribution in [3.05, 3.63) is 0 Å². The van der Waals surface area contributed by atoms with Crippen molar-refractivity contribution in [1.29, 1.82) is 0 Å². The summed E-state index contributed by atoms with van der Waals surface area (Å²) in [6.45, 7) is 4.68. The van der Waals surface area contributed by atoms with Gasteiger partial charge < -0.3 is 5.73 Å². The Bertz CT molecular complexity index is 287. The Labute approximate surface area is 93.3 Å². The normalized spacial score (nSPS) is 32.9. The van der Waals surface area contributed by atoms with Gasteiger partial charge >= 0.3 is 0 Å². The van der Waals surface area contributed by atoms with Crippen LogP contribution in [0.15, 0.2) is 0 Å². The number of hydrogen-bond donors (Lipinski definition) is 1. The van der Waals surface area contributed by atoms with Crippen LogP contribution in [-0.4, -0.2) is 26.0 Å². The zero-order chi connectivity index (χ0) is 11.5. The molecule has 90 valence electrons. The molecule has 15 heavy (non-hydrogen) atoms. The van der Waals surface area contributed by atoms with Crippen molar-refractivity contribution in [2.75, 3.05) is 12.3 Å². The van der Waals surface area contributed by atoms with Crippen LogP contribution in [0.2, 0.25) is 0 Å². The predicted octanol–water partition coefficient (Wildman–Crippen LogP) is 1.57. The summed E-state index contributed by atoms with van der Waals surface area (Å²) >= 11 is 0. The highest BCUT2D eigenvalue weighted by molar-refractivity contribution is 7.92. The minimum atomic E-state index is -2.86. The standard InChI is InChI=1S/C11H23NO2S/c1-3-6-15(13,14)11-5-4-10(8-12)7-9(11)2/h9-11H,3-8,12H2,1-2H3. The van der Waals surface area contributed by atoms with E-state index >= 15 is 0 Å². The molecule has 1 saturated carbocycles. The van der Waals surface area contributed by atoms with Gasteiger partial charge in [0.1, 0.15) is 0 Å². The lowest BCUT2D eigenvalue weighted by atomic mass is 9.82. The molecule has 0 spiro atoms. The highest BCUT2D eigenvalue weighted by Gasteiger charge is 2.34. The predicted molar refractivity (Wildman–Crippen MR) is 63.4 cm³/mol. The van der Waals surface area contributed by atoms with Crippen molar-refractivity contribution in [3.63, 3.8) is 0 Å². The Balaban J connectivity index is 2.65. The van der Waals surface area contributed by atoms with Gasteiger partial charge in [0, 0.05) is 0 Å². The third-order valence-electron chi connectivity index (χ3n) is 3.48. The lowest BCUT2D eigenvalue weighted by molar-refractivity contribution is 0.289. The Kier molecular flexibility index (Phi) is 4.59. The second-order valence-corrected chi connectivity index (χ2v) is 7.14. The van der Waals surface area contributed by atoms with E-state index < -0.39 is 9.84 Å². The molecule has 2 N–H and O–H groups in total. The minimum Gasteiger partial charge on any atom is -0.330 e. The highest BCUT2D eigenvalue weighted by Crippen LogP contribution is 2.33. The molecule has 0 amide bonds. The topological polar surface area (TPSA) is 60.2 Å². The SMILES string of the molecule is CCCS(=O)(=O)C1CCC(CN)CC1C. The summed E-state index contributed by atoms with van der Waals surface area (Å²) in [6.07, 6.45) is 3.50. The summed E-state index contributed by atoms with van der Waals surface area (Å²) in [5.74, 6) is 1.16. The molecule has 0 radical (unpaired) electrons. The summed E-state index contributed by atoms with van der Waals surface area (Å²) < 4.78 is 23.9. The number of nitrogens with two attached hydrogens (primary N) is 1. The maximum Gasteiger partial charge on any atom is 0.153 e. The lowest BCUT2D eigenvalue weighted by Gasteiger charge is -2.33. The van der Waals surface area contributed by atoms with E-state index in [9.17, 15) is 8.42 Å². The fourth-order valence-electron chi connectivity index (χ4n) is 2.66. The van der Waals surface area contributed by atoms with Crippen LogP contribution in [0.25, 0.3) is 0 Å². The van der Waals surface area contributed by atoms with Gasteiger partial charge in [-0.2, -0.15) is 0 Å². The van der Waals surface area contributed by atoms with Crippen LogP contribution in [0.4, 0.5) is 0 Å². The molecule has 0 heterocycles. The number of hydrogen-bond acceptors (Lipinski definition) is 3. The van der Waals surface area contributed by atoms with Crippen molar-refractivity contribution in [2.45, 2.75) is 44.8 Å². The van der Waals surface area contributed by atoms with Crippen LogP contribution >= 0.6 is 0 Å². The van der Waals surface area contributed by atoms with E-state index in [0.717, 1.165) is 25.7 Å². The molecule has 3 atom stereocenters. The van der Waals surface area contributed by atoms with Crippen molar-refractivity contribution < 1.29 is 8.42 Å². The van der Waals surface area contributed by atoms with Gasteiger partial charge in [-0.1, -0.05) is 13.8 Å². The fourth-order valence-corrected chi connectivity index (χ4v) is 4.85. The van der Waals surface area contributed by atoms with Crippen LogP contribution < -0.4 is 5.73 Å². The van der Waals surface area contributed by atoms with Crippen molar-refractivity contribution in [3.8, 4) is 0 Å². The van der Waals surface area contributed by atoms with Crippen LogP contribution in [-0.2, 0) is 9.84 Å². The van der Waals surface area contributed by atoms with Gasteiger partial charge in [-0.15, -0.1) is 0 Å². The van der Waals surface area contributed by atoms with Crippen LogP contribution in [0.1, 0.15) is 39.5 Å². The van der Waals surface area contributed by atoms with Crippen molar-refractivity contribution >= 4 is 9.84 Å². The lowest BCUT2D eigenvalue weighted by Crippen LogP contribution is -2.37. The third-order valence-corrected chi connectivity index (χ3v) is 6.08. The smallest absolute Gasteiger partial charge is 0.153 e. The molecule has 1 aliphatic rings. The van der Waals surface area contributed by atoms with Gasteiger partial charge in [0.2, 0.25) is 0 Å². The van der Waals surface area contributed by atoms with Gasteiger partial charge in [0.15, 0.2) is 9.84 Å². The fraction of sp³-hybridized carbons (Fsp3) is 1.00. The molecule has 3 unspecified atom stereocenters. The Hall–Kier alpha value is -0.0900. The summed E-state index contributed by atoms with van der Waals surface area (Å²) in [4.78, 5) is 0. The second-order valence-electron chi connectivity index (χ2n) is 4.80. The van der Waals surface area contributed by atoms with E-state index in [4.69, 9.17) is 5.73 Å². The second kappa shape index (κ2) is 5.30. The van der Waals surface area contributed by atoms with E-state index in [1.54, 1.807) is 0 Å². The molecule has 0 aromatic carbocycles. The minimum absolute atomic E-state index is 0.111. The van der Waals surface area contributed by atoms with Gasteiger partial charge in [0.05, 0.1) is 11.0 Å². The molecular weight excluding hydrogens is 210 g/mol. The molecular formula is C11H23NO2S. The molecule has 0 bridgehead atoms. The molecule has 1 fully saturated rings. The molecule has 0 aliphatic heterocycles. The summed E-state index contributed by atoms with van der Waals surface area (Å²) in [7, 11) is -2.86. The molecule has 1 aliphatic carbocycles. The first-order chi connectivity index (χ1) is 7.01. The number of rotatable bonds is 4. The molecule has 3 nitrogen and oxygen atoms in total. The maximum atomic E-state index is 12.0. The van der Waals surface area contributed by atoms with E-state index in [0.29, 0.717) is 18.2 Å². The molecule has 0 aromatic heterocycles. The van der Waals surface area contributed by atoms with Crippen molar-refractivity contribution in [2.24, 2.45) is 17.6 Å². The first-order valence-corrected chi connectivity index (χ1v) is 7.64. The average Bonchev–Trinajstić information content (AvgIpc) is 2.17. The van der Waals surface area contributed by atoms with Gasteiger partial charge in [-0.3, -0.25) is 0 Å². The largest absolute Gasteiger partial charge is 0.330 e. The van der Waals surface area contributed by atoms with Gasteiger partial charge in [0.25, 0.3) is 0 Å². The van der Waals surface area contributed by atoms with Crippen LogP contribution in [0, 0.1) is 11.8 Å². The molecule has 0 saturated heterocycles. The Morgan fingerprint density at radius 2 is 2.00 bits per heavy atom. The van der Waals surface area contributed by atoms with Crippen LogP contribution in [0.5, 0.6) is 0 Å². The first kappa shape index (κ1) is 13.0. The summed E-state index contributed by atoms with van der Waals surface area (Å²) in [6, 6.07) is 0. The van der Waals surface area contributed by atoms with Gasteiger partial charge in [-0.25, -0.2) is 8.42 Å². The molecule has 1 rings (SSSR count). The first-order valence-electron chi connectivity index (χ1n) is 5.92. The molecule has 0 aromatic rings. The van der Waals surface area contributed by atoms with E-state index in [-0.39, 0.29) is 11.2 Å². The van der Waals surface area contributed by atoms with E-state index in [1.807, 2.05) is 6.92 Å². The Morgan fingerprint density at radius 3 is 2.47 bits per heavy atom. The zero-order valence-electron chi connectivity index (χ0n) is 9.78. The van der Waals surface area contributed by atoms with E-state index in [1.165, 1.54) is 0 Å². The zero-order valence-corrected chi connectivity index (χ0v) is 10.6. The third kappa shape index (κ3) is 3.18. The maximum absolute atomic E-state index is 12.0. The molecule has 4 heteroatoms.